The Labute approximate surface area is 95.4 Å². The third kappa shape index (κ3) is 2.36. The molecule has 0 aliphatic heterocycles. The van der Waals surface area contributed by atoms with Gasteiger partial charge >= 0.3 is 5.76 Å². The lowest BCUT2D eigenvalue weighted by molar-refractivity contribution is 0.166. The van der Waals surface area contributed by atoms with Gasteiger partial charge in [0.2, 0.25) is 0 Å². The van der Waals surface area contributed by atoms with E-state index in [2.05, 4.69) is 35.4 Å². The molecule has 2 rings (SSSR count). The Bertz CT molecular complexity index is 392. The quantitative estimate of drug-likeness (QED) is 0.797. The van der Waals surface area contributed by atoms with Gasteiger partial charge in [-0.1, -0.05) is 25.9 Å². The normalized spacial score (nSPS) is 26.9. The second-order valence-corrected chi connectivity index (χ2v) is 5.89. The summed E-state index contributed by atoms with van der Waals surface area (Å²) in [6.07, 6.45) is 4.63. The van der Waals surface area contributed by atoms with Crippen molar-refractivity contribution in [2.24, 2.45) is 11.3 Å². The number of H-pyrrole nitrogens is 1. The molecule has 1 aromatic rings. The summed E-state index contributed by atoms with van der Waals surface area (Å²) in [6, 6.07) is 0. The van der Waals surface area contributed by atoms with Gasteiger partial charge in [-0.2, -0.15) is 0 Å². The molecule has 1 aliphatic rings. The summed E-state index contributed by atoms with van der Waals surface area (Å²) in [4.78, 5) is 13.5. The van der Waals surface area contributed by atoms with Crippen LogP contribution >= 0.6 is 0 Å². The molecule has 0 bridgehead atoms. The van der Waals surface area contributed by atoms with Crippen molar-refractivity contribution in [3.05, 3.63) is 16.4 Å². The summed E-state index contributed by atoms with van der Waals surface area (Å²) < 4.78 is 4.55. The number of nitrogens with zero attached hydrogens (tertiary/aromatic N) is 1. The first-order valence-electron chi connectivity index (χ1n) is 6.02. The second-order valence-electron chi connectivity index (χ2n) is 5.89. The van der Waals surface area contributed by atoms with Crippen LogP contribution in [0, 0.1) is 11.3 Å². The predicted molar refractivity (Wildman–Crippen MR) is 61.3 cm³/mol. The third-order valence-corrected chi connectivity index (χ3v) is 3.80. The van der Waals surface area contributed by atoms with Crippen LogP contribution in [-0.2, 0) is 0 Å². The molecule has 90 valence electrons. The number of aromatic amines is 1. The van der Waals surface area contributed by atoms with Crippen molar-refractivity contribution in [1.29, 1.82) is 0 Å². The number of hydrogen-bond acceptors (Lipinski definition) is 3. The van der Waals surface area contributed by atoms with Crippen molar-refractivity contribution in [2.75, 3.05) is 0 Å². The average molecular weight is 224 g/mol. The zero-order valence-electron chi connectivity index (χ0n) is 10.2. The van der Waals surface area contributed by atoms with Crippen LogP contribution in [0.2, 0.25) is 0 Å². The van der Waals surface area contributed by atoms with E-state index in [0.717, 1.165) is 24.6 Å². The van der Waals surface area contributed by atoms with Crippen molar-refractivity contribution in [1.82, 2.24) is 10.1 Å². The smallest absolute Gasteiger partial charge is 0.296 e. The molecule has 1 aromatic heterocycles. The summed E-state index contributed by atoms with van der Waals surface area (Å²) in [5.74, 6) is 1.46. The molecule has 0 radical (unpaired) electrons. The SMILES string of the molecule is CC(C)(C)C1CCC(c2noc(=O)[nH]2)CC1. The van der Waals surface area contributed by atoms with Crippen LogP contribution in [0.15, 0.2) is 9.32 Å². The van der Waals surface area contributed by atoms with Crippen LogP contribution < -0.4 is 5.76 Å². The first kappa shape index (κ1) is 11.4. The van der Waals surface area contributed by atoms with E-state index in [0.29, 0.717) is 11.3 Å². The molecule has 0 aromatic carbocycles. The minimum atomic E-state index is -0.437. The molecule has 4 heteroatoms. The Hall–Kier alpha value is -1.06. The summed E-state index contributed by atoms with van der Waals surface area (Å²) in [6.45, 7) is 6.90. The van der Waals surface area contributed by atoms with E-state index < -0.39 is 5.76 Å². The minimum Gasteiger partial charge on any atom is -0.296 e. The molecule has 0 saturated heterocycles. The average Bonchev–Trinajstić information content (AvgIpc) is 2.64. The molecule has 0 amide bonds. The molecular weight excluding hydrogens is 204 g/mol. The Morgan fingerprint density at radius 1 is 1.25 bits per heavy atom. The summed E-state index contributed by atoms with van der Waals surface area (Å²) >= 11 is 0. The van der Waals surface area contributed by atoms with Gasteiger partial charge in [0.05, 0.1) is 0 Å². The predicted octanol–water partition coefficient (Wildman–Crippen LogP) is 2.68. The minimum absolute atomic E-state index is 0.380. The van der Waals surface area contributed by atoms with Gasteiger partial charge in [-0.05, 0) is 37.0 Å². The monoisotopic (exact) mass is 224 g/mol. The fraction of sp³-hybridized carbons (Fsp3) is 0.833. The van der Waals surface area contributed by atoms with Crippen LogP contribution in [-0.4, -0.2) is 10.1 Å². The lowest BCUT2D eigenvalue weighted by atomic mass is 9.70. The molecule has 1 aliphatic carbocycles. The van der Waals surface area contributed by atoms with Gasteiger partial charge in [0.25, 0.3) is 0 Å². The lowest BCUT2D eigenvalue weighted by Gasteiger charge is -2.36. The molecule has 0 atom stereocenters. The lowest BCUT2D eigenvalue weighted by Crippen LogP contribution is -2.25. The van der Waals surface area contributed by atoms with Crippen LogP contribution in [0.5, 0.6) is 0 Å². The Kier molecular flexibility index (Phi) is 2.91. The van der Waals surface area contributed by atoms with E-state index in [-0.39, 0.29) is 0 Å². The topological polar surface area (TPSA) is 58.9 Å². The van der Waals surface area contributed by atoms with Crippen LogP contribution in [0.4, 0.5) is 0 Å². The van der Waals surface area contributed by atoms with Crippen LogP contribution in [0.25, 0.3) is 0 Å². The molecule has 0 unspecified atom stereocenters. The maximum absolute atomic E-state index is 10.9. The molecule has 4 nitrogen and oxygen atoms in total. The fourth-order valence-electron chi connectivity index (χ4n) is 2.65. The molecule has 16 heavy (non-hydrogen) atoms. The highest BCUT2D eigenvalue weighted by atomic mass is 16.5. The van der Waals surface area contributed by atoms with Gasteiger partial charge in [-0.3, -0.25) is 9.51 Å². The van der Waals surface area contributed by atoms with Gasteiger partial charge in [-0.25, -0.2) is 4.79 Å². The van der Waals surface area contributed by atoms with Crippen molar-refractivity contribution in [3.8, 4) is 0 Å². The largest absolute Gasteiger partial charge is 0.438 e. The molecule has 1 saturated carbocycles. The Morgan fingerprint density at radius 2 is 1.88 bits per heavy atom. The van der Waals surface area contributed by atoms with Gasteiger partial charge in [-0.15, -0.1) is 0 Å². The molecule has 1 fully saturated rings. The highest BCUT2D eigenvalue weighted by molar-refractivity contribution is 4.96. The summed E-state index contributed by atoms with van der Waals surface area (Å²) in [5.41, 5.74) is 0.391. The van der Waals surface area contributed by atoms with Gasteiger partial charge in [0, 0.05) is 5.92 Å². The van der Waals surface area contributed by atoms with Crippen molar-refractivity contribution >= 4 is 0 Å². The fourth-order valence-corrected chi connectivity index (χ4v) is 2.65. The van der Waals surface area contributed by atoms with E-state index in [1.165, 1.54) is 12.8 Å². The van der Waals surface area contributed by atoms with E-state index in [1.807, 2.05) is 0 Å². The van der Waals surface area contributed by atoms with E-state index in [1.54, 1.807) is 0 Å². The maximum Gasteiger partial charge on any atom is 0.438 e. The Balaban J connectivity index is 1.98. The molecule has 0 spiro atoms. The summed E-state index contributed by atoms with van der Waals surface area (Å²) in [7, 11) is 0. The highest BCUT2D eigenvalue weighted by Crippen LogP contribution is 2.42. The standard InChI is InChI=1S/C12H20N2O2/c1-12(2,3)9-6-4-8(5-7-9)10-13-11(15)16-14-10/h8-9H,4-7H2,1-3H3,(H,13,14,15). The van der Waals surface area contributed by atoms with Crippen LogP contribution in [0.3, 0.4) is 0 Å². The van der Waals surface area contributed by atoms with E-state index in [9.17, 15) is 4.79 Å². The van der Waals surface area contributed by atoms with Gasteiger partial charge in [0.1, 0.15) is 0 Å². The molecule has 1 N–H and O–H groups in total. The van der Waals surface area contributed by atoms with Crippen molar-refractivity contribution in [3.63, 3.8) is 0 Å². The number of aromatic nitrogens is 2. The summed E-state index contributed by atoms with van der Waals surface area (Å²) in [5, 5.41) is 3.78. The second kappa shape index (κ2) is 4.07. The first-order chi connectivity index (χ1) is 7.47. The first-order valence-corrected chi connectivity index (χ1v) is 6.02. The zero-order valence-corrected chi connectivity index (χ0v) is 10.2. The van der Waals surface area contributed by atoms with Gasteiger partial charge in [0.15, 0.2) is 5.82 Å². The van der Waals surface area contributed by atoms with Crippen LogP contribution in [0.1, 0.15) is 58.2 Å². The van der Waals surface area contributed by atoms with E-state index in [4.69, 9.17) is 0 Å². The van der Waals surface area contributed by atoms with Gasteiger partial charge < -0.3 is 0 Å². The number of hydrogen-bond donors (Lipinski definition) is 1. The van der Waals surface area contributed by atoms with Crippen molar-refractivity contribution < 1.29 is 4.52 Å². The maximum atomic E-state index is 10.9. The van der Waals surface area contributed by atoms with E-state index >= 15 is 0 Å². The zero-order chi connectivity index (χ0) is 11.8. The number of rotatable bonds is 1. The van der Waals surface area contributed by atoms with Crippen molar-refractivity contribution in [2.45, 2.75) is 52.4 Å². The molecular formula is C12H20N2O2. The molecule has 1 heterocycles. The number of nitrogens with one attached hydrogen (secondary N) is 1. The Morgan fingerprint density at radius 3 is 2.31 bits per heavy atom. The highest BCUT2D eigenvalue weighted by Gasteiger charge is 2.31. The third-order valence-electron chi connectivity index (χ3n) is 3.80.